The Balaban J connectivity index is 2.60. The molecule has 1 aromatic rings. The van der Waals surface area contributed by atoms with Gasteiger partial charge in [-0.25, -0.2) is 4.39 Å². The summed E-state index contributed by atoms with van der Waals surface area (Å²) in [6, 6.07) is 1.11. The first-order valence-electron chi connectivity index (χ1n) is 3.66. The molecule has 0 aromatic heterocycles. The van der Waals surface area contributed by atoms with Crippen molar-refractivity contribution in [2.75, 3.05) is 13.2 Å². The Morgan fingerprint density at radius 2 is 2.08 bits per heavy atom. The van der Waals surface area contributed by atoms with Gasteiger partial charge in [-0.15, -0.1) is 0 Å². The molecule has 0 unspecified atom stereocenters. The number of halogens is 2. The number of hydrogen-bond acceptors (Lipinski definition) is 3. The molecular weight excluding hydrogens is 243 g/mol. The Morgan fingerprint density at radius 3 is 2.85 bits per heavy atom. The van der Waals surface area contributed by atoms with E-state index in [4.69, 9.17) is 9.47 Å². The van der Waals surface area contributed by atoms with Crippen LogP contribution >= 0.6 is 15.9 Å². The summed E-state index contributed by atoms with van der Waals surface area (Å²) in [5, 5.41) is 9.20. The van der Waals surface area contributed by atoms with Crippen molar-refractivity contribution in [3.8, 4) is 17.2 Å². The minimum Gasteiger partial charge on any atom is -0.504 e. The van der Waals surface area contributed by atoms with Gasteiger partial charge in [-0.1, -0.05) is 0 Å². The van der Waals surface area contributed by atoms with E-state index in [-0.39, 0.29) is 4.47 Å². The maximum Gasteiger partial charge on any atom is 0.179 e. The van der Waals surface area contributed by atoms with E-state index in [1.165, 1.54) is 0 Å². The molecule has 0 spiro atoms. The van der Waals surface area contributed by atoms with E-state index < -0.39 is 11.6 Å². The van der Waals surface area contributed by atoms with Crippen LogP contribution in [0.3, 0.4) is 0 Å². The smallest absolute Gasteiger partial charge is 0.179 e. The van der Waals surface area contributed by atoms with Crippen LogP contribution in [-0.4, -0.2) is 18.3 Å². The SMILES string of the molecule is Oc1c(F)cc2c(c1Br)OCCO2. The zero-order chi connectivity index (χ0) is 9.42. The van der Waals surface area contributed by atoms with E-state index in [9.17, 15) is 9.50 Å². The summed E-state index contributed by atoms with van der Waals surface area (Å²) >= 11 is 3.02. The van der Waals surface area contributed by atoms with Crippen LogP contribution in [0.15, 0.2) is 10.5 Å². The average Bonchev–Trinajstić information content (AvgIpc) is 2.15. The van der Waals surface area contributed by atoms with Crippen molar-refractivity contribution in [3.63, 3.8) is 0 Å². The monoisotopic (exact) mass is 248 g/mol. The van der Waals surface area contributed by atoms with E-state index in [2.05, 4.69) is 15.9 Å². The van der Waals surface area contributed by atoms with Gasteiger partial charge in [-0.05, 0) is 15.9 Å². The number of ether oxygens (including phenoxy) is 2. The molecular formula is C8H6BrFO3. The maximum absolute atomic E-state index is 13.0. The third-order valence-electron chi connectivity index (χ3n) is 1.70. The zero-order valence-electron chi connectivity index (χ0n) is 6.51. The third-order valence-corrected chi connectivity index (χ3v) is 2.44. The van der Waals surface area contributed by atoms with Crippen molar-refractivity contribution < 1.29 is 19.0 Å². The van der Waals surface area contributed by atoms with Gasteiger partial charge in [0.2, 0.25) is 0 Å². The molecule has 5 heteroatoms. The Bertz CT molecular complexity index is 354. The predicted octanol–water partition coefficient (Wildman–Crippen LogP) is 2.06. The standard InChI is InChI=1S/C8H6BrFO3/c9-6-7(11)4(10)3-5-8(6)13-2-1-12-5/h3,11H,1-2H2. The second-order valence-corrected chi connectivity index (χ2v) is 3.34. The van der Waals surface area contributed by atoms with Crippen LogP contribution in [0.4, 0.5) is 4.39 Å². The van der Waals surface area contributed by atoms with Gasteiger partial charge in [0.1, 0.15) is 17.7 Å². The molecule has 0 saturated heterocycles. The first-order chi connectivity index (χ1) is 6.20. The first kappa shape index (κ1) is 8.62. The van der Waals surface area contributed by atoms with Gasteiger partial charge in [-0.2, -0.15) is 0 Å². The second kappa shape index (κ2) is 3.06. The van der Waals surface area contributed by atoms with E-state index in [0.29, 0.717) is 24.7 Å². The van der Waals surface area contributed by atoms with E-state index in [1.54, 1.807) is 0 Å². The lowest BCUT2D eigenvalue weighted by atomic mass is 10.2. The quantitative estimate of drug-likeness (QED) is 0.764. The summed E-state index contributed by atoms with van der Waals surface area (Å²) in [6.45, 7) is 0.792. The second-order valence-electron chi connectivity index (χ2n) is 2.55. The molecule has 0 amide bonds. The average molecular weight is 249 g/mol. The van der Waals surface area contributed by atoms with E-state index in [1.807, 2.05) is 0 Å². The minimum atomic E-state index is -0.726. The maximum atomic E-state index is 13.0. The Kier molecular flexibility index (Phi) is 2.03. The van der Waals surface area contributed by atoms with Gasteiger partial charge in [0.15, 0.2) is 23.1 Å². The summed E-state index contributed by atoms with van der Waals surface area (Å²) in [6.07, 6.45) is 0. The molecule has 0 aliphatic carbocycles. The number of aromatic hydroxyl groups is 1. The van der Waals surface area contributed by atoms with Gasteiger partial charge in [-0.3, -0.25) is 0 Å². The molecule has 3 nitrogen and oxygen atoms in total. The molecule has 13 heavy (non-hydrogen) atoms. The van der Waals surface area contributed by atoms with Crippen LogP contribution in [0.1, 0.15) is 0 Å². The number of benzene rings is 1. The van der Waals surface area contributed by atoms with E-state index in [0.717, 1.165) is 6.07 Å². The number of rotatable bonds is 0. The summed E-state index contributed by atoms with van der Waals surface area (Å²) in [5.74, 6) is -0.515. The van der Waals surface area contributed by atoms with Gasteiger partial charge in [0.05, 0.1) is 0 Å². The van der Waals surface area contributed by atoms with E-state index >= 15 is 0 Å². The summed E-state index contributed by atoms with van der Waals surface area (Å²) in [7, 11) is 0. The van der Waals surface area contributed by atoms with Crippen LogP contribution in [0.25, 0.3) is 0 Å². The topological polar surface area (TPSA) is 38.7 Å². The minimum absolute atomic E-state index is 0.196. The van der Waals surface area contributed by atoms with Gasteiger partial charge in [0, 0.05) is 6.07 Å². The molecule has 1 aliphatic heterocycles. The lowest BCUT2D eigenvalue weighted by Gasteiger charge is -2.19. The van der Waals surface area contributed by atoms with Gasteiger partial charge < -0.3 is 14.6 Å². The van der Waals surface area contributed by atoms with Crippen LogP contribution in [0.5, 0.6) is 17.2 Å². The summed E-state index contributed by atoms with van der Waals surface area (Å²) in [5.41, 5.74) is 0. The molecule has 1 aromatic carbocycles. The van der Waals surface area contributed by atoms with Crippen molar-refractivity contribution in [1.29, 1.82) is 0 Å². The van der Waals surface area contributed by atoms with Crippen LogP contribution in [-0.2, 0) is 0 Å². The molecule has 1 aliphatic rings. The number of phenolic OH excluding ortho intramolecular Hbond substituents is 1. The highest BCUT2D eigenvalue weighted by molar-refractivity contribution is 9.10. The molecule has 1 N–H and O–H groups in total. The van der Waals surface area contributed by atoms with Gasteiger partial charge >= 0.3 is 0 Å². The Morgan fingerprint density at radius 1 is 1.38 bits per heavy atom. The molecule has 2 rings (SSSR count). The highest BCUT2D eigenvalue weighted by Crippen LogP contribution is 2.44. The lowest BCUT2D eigenvalue weighted by molar-refractivity contribution is 0.168. The molecule has 0 atom stereocenters. The largest absolute Gasteiger partial charge is 0.504 e. The van der Waals surface area contributed by atoms with Crippen molar-refractivity contribution in [1.82, 2.24) is 0 Å². The summed E-state index contributed by atoms with van der Waals surface area (Å²) in [4.78, 5) is 0. The predicted molar refractivity (Wildman–Crippen MR) is 46.8 cm³/mol. The summed E-state index contributed by atoms with van der Waals surface area (Å²) < 4.78 is 23.5. The van der Waals surface area contributed by atoms with Crippen molar-refractivity contribution in [2.45, 2.75) is 0 Å². The molecule has 0 radical (unpaired) electrons. The molecule has 1 heterocycles. The normalized spacial score (nSPS) is 14.3. The fourth-order valence-corrected chi connectivity index (χ4v) is 1.61. The van der Waals surface area contributed by atoms with Crippen molar-refractivity contribution >= 4 is 15.9 Å². The van der Waals surface area contributed by atoms with Crippen LogP contribution in [0.2, 0.25) is 0 Å². The molecule has 70 valence electrons. The van der Waals surface area contributed by atoms with Gasteiger partial charge in [0.25, 0.3) is 0 Å². The van der Waals surface area contributed by atoms with Crippen LogP contribution < -0.4 is 9.47 Å². The lowest BCUT2D eigenvalue weighted by Crippen LogP contribution is -2.15. The zero-order valence-corrected chi connectivity index (χ0v) is 8.10. The Hall–Kier alpha value is -0.970. The molecule has 0 bridgehead atoms. The molecule has 0 fully saturated rings. The van der Waals surface area contributed by atoms with Crippen molar-refractivity contribution in [3.05, 3.63) is 16.4 Å². The number of hydrogen-bond donors (Lipinski definition) is 1. The van der Waals surface area contributed by atoms with Crippen molar-refractivity contribution in [2.24, 2.45) is 0 Å². The van der Waals surface area contributed by atoms with Crippen LogP contribution in [0, 0.1) is 5.82 Å². The first-order valence-corrected chi connectivity index (χ1v) is 4.46. The highest BCUT2D eigenvalue weighted by Gasteiger charge is 2.21. The highest BCUT2D eigenvalue weighted by atomic mass is 79.9. The number of fused-ring (bicyclic) bond motifs is 1. The molecule has 0 saturated carbocycles. The fourth-order valence-electron chi connectivity index (χ4n) is 1.11. The third kappa shape index (κ3) is 1.33. The number of phenols is 1. The Labute approximate surface area is 82.2 Å². The fraction of sp³-hybridized carbons (Fsp3) is 0.250.